The van der Waals surface area contributed by atoms with E-state index in [9.17, 15) is 25.2 Å². The first-order valence-corrected chi connectivity index (χ1v) is 25.2. The van der Waals surface area contributed by atoms with Crippen molar-refractivity contribution < 1.29 is 25.2 Å². The lowest BCUT2D eigenvalue weighted by molar-refractivity contribution is -0.132. The average Bonchev–Trinajstić information content (AvgIpc) is 3.22. The molecule has 0 saturated heterocycles. The number of rotatable bonds is 46. The highest BCUT2D eigenvalue weighted by Crippen LogP contribution is 2.17. The van der Waals surface area contributed by atoms with Gasteiger partial charge in [-0.15, -0.1) is 0 Å². The third-order valence-electron chi connectivity index (χ3n) is 11.9. The zero-order valence-electron chi connectivity index (χ0n) is 38.1. The Hall–Kier alpha value is -1.21. The smallest absolute Gasteiger partial charge is 0.249 e. The Morgan fingerprint density at radius 1 is 0.421 bits per heavy atom. The van der Waals surface area contributed by atoms with E-state index in [0.29, 0.717) is 19.3 Å². The summed E-state index contributed by atoms with van der Waals surface area (Å²) in [6.07, 6.45) is 54.1. The molecule has 1 amide bonds. The summed E-state index contributed by atoms with van der Waals surface area (Å²) in [5.41, 5.74) is 0. The number of aliphatic hydroxyl groups is 4. The molecular formula is C51H99NO5. The summed E-state index contributed by atoms with van der Waals surface area (Å²) in [6, 6.07) is -1.00. The lowest BCUT2D eigenvalue weighted by Gasteiger charge is -2.27. The Kier molecular flexibility index (Phi) is 44.9. The Morgan fingerprint density at radius 3 is 1.11 bits per heavy atom. The van der Waals surface area contributed by atoms with E-state index in [-0.39, 0.29) is 0 Å². The fourth-order valence-corrected chi connectivity index (χ4v) is 7.90. The molecule has 0 fully saturated rings. The van der Waals surface area contributed by atoms with Crippen molar-refractivity contribution in [3.05, 3.63) is 24.3 Å². The first-order chi connectivity index (χ1) is 28.0. The summed E-state index contributed by atoms with van der Waals surface area (Å²) in [5, 5.41) is 43.5. The number of nitrogens with one attached hydrogen (secondary N) is 1. The Balaban J connectivity index is 3.53. The van der Waals surface area contributed by atoms with Crippen molar-refractivity contribution >= 4 is 5.91 Å². The lowest BCUT2D eigenvalue weighted by Crippen LogP contribution is -2.53. The standard InChI is InChI=1S/C51H99NO5/c1-3-5-7-9-11-13-15-16-17-18-19-20-21-22-23-24-25-26-27-28-29-30-31-32-33-34-35-37-39-41-43-45-49(55)51(57)52-47(46-53)50(56)48(54)44-42-40-38-36-14-12-10-8-6-4-2/h8,10,36,38,47-50,53-56H,3-7,9,11-35,37,39-46H2,1-2H3,(H,52,57)/b10-8+,38-36+. The van der Waals surface area contributed by atoms with Gasteiger partial charge in [-0.2, -0.15) is 0 Å². The topological polar surface area (TPSA) is 110 Å². The second kappa shape index (κ2) is 45.9. The van der Waals surface area contributed by atoms with E-state index in [2.05, 4.69) is 43.5 Å². The normalized spacial score (nSPS) is 14.1. The van der Waals surface area contributed by atoms with Crippen molar-refractivity contribution in [1.29, 1.82) is 0 Å². The third-order valence-corrected chi connectivity index (χ3v) is 11.9. The van der Waals surface area contributed by atoms with Crippen LogP contribution < -0.4 is 5.32 Å². The molecule has 0 aliphatic carbocycles. The minimum Gasteiger partial charge on any atom is -0.394 e. The van der Waals surface area contributed by atoms with Gasteiger partial charge in [0.1, 0.15) is 12.2 Å². The Morgan fingerprint density at radius 2 is 0.754 bits per heavy atom. The molecule has 0 rings (SSSR count). The van der Waals surface area contributed by atoms with Crippen molar-refractivity contribution in [2.45, 2.75) is 289 Å². The molecule has 0 aliphatic heterocycles. The molecule has 5 N–H and O–H groups in total. The highest BCUT2D eigenvalue weighted by Gasteiger charge is 2.28. The maximum absolute atomic E-state index is 12.5. The van der Waals surface area contributed by atoms with Crippen LogP contribution in [-0.2, 0) is 4.79 Å². The summed E-state index contributed by atoms with van der Waals surface area (Å²) in [6.45, 7) is 3.97. The Bertz CT molecular complexity index is 863. The van der Waals surface area contributed by atoms with Crippen LogP contribution in [0.25, 0.3) is 0 Å². The fraction of sp³-hybridized carbons (Fsp3) is 0.902. The lowest BCUT2D eigenvalue weighted by atomic mass is 10.00. The first-order valence-electron chi connectivity index (χ1n) is 25.2. The number of aliphatic hydroxyl groups excluding tert-OH is 4. The molecule has 57 heavy (non-hydrogen) atoms. The number of unbranched alkanes of at least 4 members (excludes halogenated alkanes) is 33. The molecule has 4 unspecified atom stereocenters. The molecule has 0 spiro atoms. The van der Waals surface area contributed by atoms with Crippen molar-refractivity contribution in [3.8, 4) is 0 Å². The quantitative estimate of drug-likeness (QED) is 0.0311. The second-order valence-corrected chi connectivity index (χ2v) is 17.5. The van der Waals surface area contributed by atoms with Crippen LogP contribution in [0, 0.1) is 0 Å². The number of carbonyl (C=O) groups is 1. The van der Waals surface area contributed by atoms with Crippen LogP contribution in [0.15, 0.2) is 24.3 Å². The van der Waals surface area contributed by atoms with E-state index >= 15 is 0 Å². The van der Waals surface area contributed by atoms with Crippen LogP contribution in [0.4, 0.5) is 0 Å². The molecular weight excluding hydrogens is 707 g/mol. The summed E-state index contributed by atoms with van der Waals surface area (Å²) < 4.78 is 0. The van der Waals surface area contributed by atoms with Crippen molar-refractivity contribution in [2.24, 2.45) is 0 Å². The minimum atomic E-state index is -1.29. The van der Waals surface area contributed by atoms with Gasteiger partial charge in [-0.25, -0.2) is 0 Å². The van der Waals surface area contributed by atoms with Gasteiger partial charge in [0.15, 0.2) is 0 Å². The Labute approximate surface area is 354 Å². The van der Waals surface area contributed by atoms with Gasteiger partial charge < -0.3 is 25.7 Å². The maximum Gasteiger partial charge on any atom is 0.249 e. The molecule has 0 aromatic rings. The maximum atomic E-state index is 12.5. The fourth-order valence-electron chi connectivity index (χ4n) is 7.90. The summed E-state index contributed by atoms with van der Waals surface area (Å²) in [7, 11) is 0. The van der Waals surface area contributed by atoms with Crippen molar-refractivity contribution in [2.75, 3.05) is 6.61 Å². The highest BCUT2D eigenvalue weighted by atomic mass is 16.3. The number of carbonyl (C=O) groups excluding carboxylic acids is 1. The van der Waals surface area contributed by atoms with E-state index < -0.39 is 36.9 Å². The van der Waals surface area contributed by atoms with E-state index in [1.54, 1.807) is 0 Å². The van der Waals surface area contributed by atoms with Crippen LogP contribution in [0.3, 0.4) is 0 Å². The second-order valence-electron chi connectivity index (χ2n) is 17.5. The third kappa shape index (κ3) is 40.0. The van der Waals surface area contributed by atoms with Gasteiger partial charge >= 0.3 is 0 Å². The zero-order chi connectivity index (χ0) is 41.7. The van der Waals surface area contributed by atoms with Gasteiger partial charge in [-0.3, -0.25) is 4.79 Å². The van der Waals surface area contributed by atoms with Crippen LogP contribution in [-0.4, -0.2) is 57.3 Å². The van der Waals surface area contributed by atoms with Crippen molar-refractivity contribution in [3.63, 3.8) is 0 Å². The number of allylic oxidation sites excluding steroid dienone is 4. The minimum absolute atomic E-state index is 0.364. The number of hydrogen-bond donors (Lipinski definition) is 5. The molecule has 0 heterocycles. The van der Waals surface area contributed by atoms with Crippen LogP contribution in [0.1, 0.15) is 264 Å². The average molecular weight is 806 g/mol. The van der Waals surface area contributed by atoms with Crippen LogP contribution in [0.2, 0.25) is 0 Å². The molecule has 0 aliphatic rings. The van der Waals surface area contributed by atoms with E-state index in [0.717, 1.165) is 44.9 Å². The van der Waals surface area contributed by atoms with Gasteiger partial charge in [-0.1, -0.05) is 244 Å². The highest BCUT2D eigenvalue weighted by molar-refractivity contribution is 5.80. The predicted molar refractivity (Wildman–Crippen MR) is 247 cm³/mol. The van der Waals surface area contributed by atoms with Crippen LogP contribution >= 0.6 is 0 Å². The van der Waals surface area contributed by atoms with Gasteiger partial charge in [0.2, 0.25) is 5.91 Å². The largest absolute Gasteiger partial charge is 0.394 e. The first kappa shape index (κ1) is 55.8. The molecule has 0 aromatic carbocycles. The molecule has 4 atom stereocenters. The number of amides is 1. The summed E-state index contributed by atoms with van der Waals surface area (Å²) >= 11 is 0. The molecule has 0 saturated carbocycles. The molecule has 0 radical (unpaired) electrons. The zero-order valence-corrected chi connectivity index (χ0v) is 38.1. The molecule has 6 nitrogen and oxygen atoms in total. The predicted octanol–water partition coefficient (Wildman–Crippen LogP) is 13.9. The van der Waals surface area contributed by atoms with Crippen molar-refractivity contribution in [1.82, 2.24) is 5.32 Å². The number of hydrogen-bond acceptors (Lipinski definition) is 5. The van der Waals surface area contributed by atoms with E-state index in [1.807, 2.05) is 0 Å². The molecule has 6 heteroatoms. The van der Waals surface area contributed by atoms with Gasteiger partial charge in [0.05, 0.1) is 18.8 Å². The van der Waals surface area contributed by atoms with E-state index in [1.165, 1.54) is 186 Å². The van der Waals surface area contributed by atoms with Crippen LogP contribution in [0.5, 0.6) is 0 Å². The molecule has 0 bridgehead atoms. The molecule has 338 valence electrons. The summed E-state index contributed by atoms with van der Waals surface area (Å²) in [4.78, 5) is 12.5. The SMILES string of the molecule is CCC/C=C/CC/C=C/CCCC(O)C(O)C(CO)NC(=O)C(O)CCCCCCCCCCCCCCCCCCCCCCCCCCCCCCCCC. The van der Waals surface area contributed by atoms with Gasteiger partial charge in [0.25, 0.3) is 0 Å². The summed E-state index contributed by atoms with van der Waals surface area (Å²) in [5.74, 6) is -0.596. The van der Waals surface area contributed by atoms with Gasteiger partial charge in [0, 0.05) is 0 Å². The monoisotopic (exact) mass is 806 g/mol. The molecule has 0 aromatic heterocycles. The van der Waals surface area contributed by atoms with Gasteiger partial charge in [-0.05, 0) is 44.9 Å². The van der Waals surface area contributed by atoms with E-state index in [4.69, 9.17) is 0 Å².